The van der Waals surface area contributed by atoms with Gasteiger partial charge in [-0.1, -0.05) is 12.1 Å². The summed E-state index contributed by atoms with van der Waals surface area (Å²) in [5, 5.41) is 3.86. The number of thiazole rings is 1. The molecule has 1 aromatic carbocycles. The standard InChI is InChI=1S/C16H18N4OS/c1-4-20-13-8-6-5-7-12(13)19-14(20)9-17-16(21)15-10(2)18-11(3)22-15/h5-8H,4,9H2,1-3H3,(H,17,21). The number of nitrogens with zero attached hydrogens (tertiary/aromatic N) is 3. The Hall–Kier alpha value is -2.21. The number of hydrogen-bond acceptors (Lipinski definition) is 4. The summed E-state index contributed by atoms with van der Waals surface area (Å²) in [5.74, 6) is 0.786. The van der Waals surface area contributed by atoms with Gasteiger partial charge in [-0.15, -0.1) is 11.3 Å². The van der Waals surface area contributed by atoms with E-state index in [1.165, 1.54) is 11.3 Å². The Morgan fingerprint density at radius 3 is 2.73 bits per heavy atom. The number of rotatable bonds is 4. The summed E-state index contributed by atoms with van der Waals surface area (Å²) in [6.07, 6.45) is 0. The molecule has 0 bridgehead atoms. The topological polar surface area (TPSA) is 59.8 Å². The molecule has 2 heterocycles. The zero-order valence-electron chi connectivity index (χ0n) is 12.9. The lowest BCUT2D eigenvalue weighted by atomic mass is 10.3. The van der Waals surface area contributed by atoms with E-state index in [1.54, 1.807) is 0 Å². The number of aromatic nitrogens is 3. The molecule has 0 saturated heterocycles. The van der Waals surface area contributed by atoms with Crippen LogP contribution < -0.4 is 5.32 Å². The van der Waals surface area contributed by atoms with E-state index in [4.69, 9.17) is 0 Å². The smallest absolute Gasteiger partial charge is 0.263 e. The first-order chi connectivity index (χ1) is 10.6. The van der Waals surface area contributed by atoms with Crippen LogP contribution in [-0.4, -0.2) is 20.4 Å². The van der Waals surface area contributed by atoms with Crippen LogP contribution in [0.15, 0.2) is 24.3 Å². The van der Waals surface area contributed by atoms with Crippen LogP contribution in [0.3, 0.4) is 0 Å². The van der Waals surface area contributed by atoms with Gasteiger partial charge in [0, 0.05) is 6.54 Å². The van der Waals surface area contributed by atoms with Crippen LogP contribution in [0.25, 0.3) is 11.0 Å². The predicted octanol–water partition coefficient (Wildman–Crippen LogP) is 3.06. The lowest BCUT2D eigenvalue weighted by Gasteiger charge is -2.07. The summed E-state index contributed by atoms with van der Waals surface area (Å²) in [7, 11) is 0. The molecular formula is C16H18N4OS. The molecule has 0 radical (unpaired) electrons. The van der Waals surface area contributed by atoms with E-state index in [-0.39, 0.29) is 5.91 Å². The minimum absolute atomic E-state index is 0.0854. The van der Waals surface area contributed by atoms with Crippen molar-refractivity contribution in [2.24, 2.45) is 0 Å². The Bertz CT molecular complexity index is 834. The Balaban J connectivity index is 1.82. The second kappa shape index (κ2) is 5.88. The van der Waals surface area contributed by atoms with Crippen LogP contribution in [0, 0.1) is 13.8 Å². The first kappa shape index (κ1) is 14.7. The first-order valence-electron chi connectivity index (χ1n) is 7.26. The highest BCUT2D eigenvalue weighted by atomic mass is 32.1. The van der Waals surface area contributed by atoms with Gasteiger partial charge in [-0.25, -0.2) is 9.97 Å². The molecule has 0 aliphatic heterocycles. The number of para-hydroxylation sites is 2. The van der Waals surface area contributed by atoms with Crippen LogP contribution in [0.1, 0.15) is 33.1 Å². The average Bonchev–Trinajstić information content (AvgIpc) is 3.03. The van der Waals surface area contributed by atoms with Crippen molar-refractivity contribution in [2.75, 3.05) is 0 Å². The third kappa shape index (κ3) is 2.62. The van der Waals surface area contributed by atoms with Gasteiger partial charge < -0.3 is 9.88 Å². The minimum atomic E-state index is -0.0854. The largest absolute Gasteiger partial charge is 0.344 e. The molecule has 3 rings (SSSR count). The molecule has 0 saturated carbocycles. The predicted molar refractivity (Wildman–Crippen MR) is 88.2 cm³/mol. The van der Waals surface area contributed by atoms with Crippen molar-refractivity contribution < 1.29 is 4.79 Å². The summed E-state index contributed by atoms with van der Waals surface area (Å²) < 4.78 is 2.13. The van der Waals surface area contributed by atoms with Gasteiger partial charge in [0.15, 0.2) is 0 Å². The van der Waals surface area contributed by atoms with E-state index in [0.29, 0.717) is 11.4 Å². The van der Waals surface area contributed by atoms with Crippen molar-refractivity contribution in [1.82, 2.24) is 19.9 Å². The monoisotopic (exact) mass is 314 g/mol. The number of carbonyl (C=O) groups is 1. The molecule has 0 aliphatic rings. The molecule has 114 valence electrons. The lowest BCUT2D eigenvalue weighted by Crippen LogP contribution is -2.24. The van der Waals surface area contributed by atoms with Gasteiger partial charge in [0.25, 0.3) is 5.91 Å². The van der Waals surface area contributed by atoms with Crippen LogP contribution in [0.4, 0.5) is 0 Å². The number of aryl methyl sites for hydroxylation is 3. The summed E-state index contributed by atoms with van der Waals surface area (Å²) in [4.78, 5) is 21.9. The third-order valence-corrected chi connectivity index (χ3v) is 4.64. The molecule has 1 N–H and O–H groups in total. The molecule has 2 aromatic heterocycles. The SMILES string of the molecule is CCn1c(CNC(=O)c2sc(C)nc2C)nc2ccccc21. The number of imidazole rings is 1. The average molecular weight is 314 g/mol. The molecule has 0 aliphatic carbocycles. The van der Waals surface area contributed by atoms with E-state index in [0.717, 1.165) is 34.1 Å². The van der Waals surface area contributed by atoms with Gasteiger partial charge in [0.1, 0.15) is 10.7 Å². The van der Waals surface area contributed by atoms with Crippen molar-refractivity contribution in [1.29, 1.82) is 0 Å². The summed E-state index contributed by atoms with van der Waals surface area (Å²) in [5.41, 5.74) is 2.83. The molecule has 1 amide bonds. The van der Waals surface area contributed by atoms with Crippen LogP contribution >= 0.6 is 11.3 Å². The van der Waals surface area contributed by atoms with Gasteiger partial charge in [0.05, 0.1) is 28.3 Å². The zero-order valence-corrected chi connectivity index (χ0v) is 13.7. The number of carbonyl (C=O) groups excluding carboxylic acids is 1. The summed E-state index contributed by atoms with van der Waals surface area (Å²) in [6.45, 7) is 7.09. The van der Waals surface area contributed by atoms with Crippen LogP contribution in [-0.2, 0) is 13.1 Å². The number of hydrogen-bond donors (Lipinski definition) is 1. The van der Waals surface area contributed by atoms with Crippen LogP contribution in [0.2, 0.25) is 0 Å². The van der Waals surface area contributed by atoms with Gasteiger partial charge in [-0.3, -0.25) is 4.79 Å². The van der Waals surface area contributed by atoms with Crippen LogP contribution in [0.5, 0.6) is 0 Å². The Kier molecular flexibility index (Phi) is 3.94. The second-order valence-electron chi connectivity index (χ2n) is 5.09. The maximum atomic E-state index is 12.3. The maximum absolute atomic E-state index is 12.3. The Labute approximate surface area is 133 Å². The van der Waals surface area contributed by atoms with Gasteiger partial charge >= 0.3 is 0 Å². The van der Waals surface area contributed by atoms with E-state index >= 15 is 0 Å². The Morgan fingerprint density at radius 1 is 1.27 bits per heavy atom. The molecule has 0 atom stereocenters. The lowest BCUT2D eigenvalue weighted by molar-refractivity contribution is 0.0953. The van der Waals surface area contributed by atoms with E-state index in [1.807, 2.05) is 38.1 Å². The quantitative estimate of drug-likeness (QED) is 0.805. The fourth-order valence-corrected chi connectivity index (χ4v) is 3.43. The number of nitrogens with one attached hydrogen (secondary N) is 1. The second-order valence-corrected chi connectivity index (χ2v) is 6.29. The van der Waals surface area contributed by atoms with Crippen molar-refractivity contribution >= 4 is 28.3 Å². The molecule has 3 aromatic rings. The van der Waals surface area contributed by atoms with Crippen molar-refractivity contribution in [3.8, 4) is 0 Å². The zero-order chi connectivity index (χ0) is 15.7. The molecular weight excluding hydrogens is 296 g/mol. The highest BCUT2D eigenvalue weighted by molar-refractivity contribution is 7.13. The fraction of sp³-hybridized carbons (Fsp3) is 0.312. The maximum Gasteiger partial charge on any atom is 0.263 e. The molecule has 0 spiro atoms. The summed E-state index contributed by atoms with van der Waals surface area (Å²) >= 11 is 1.42. The first-order valence-corrected chi connectivity index (χ1v) is 8.08. The number of amides is 1. The van der Waals surface area contributed by atoms with Gasteiger partial charge in [-0.2, -0.15) is 0 Å². The van der Waals surface area contributed by atoms with Crippen molar-refractivity contribution in [3.63, 3.8) is 0 Å². The molecule has 6 heteroatoms. The van der Waals surface area contributed by atoms with Crippen molar-refractivity contribution in [2.45, 2.75) is 33.9 Å². The fourth-order valence-electron chi connectivity index (χ4n) is 2.59. The highest BCUT2D eigenvalue weighted by Gasteiger charge is 2.15. The molecule has 0 fully saturated rings. The van der Waals surface area contributed by atoms with E-state index in [9.17, 15) is 4.79 Å². The Morgan fingerprint density at radius 2 is 2.05 bits per heavy atom. The molecule has 0 unspecified atom stereocenters. The van der Waals surface area contributed by atoms with Gasteiger partial charge in [-0.05, 0) is 32.9 Å². The highest BCUT2D eigenvalue weighted by Crippen LogP contribution is 2.18. The van der Waals surface area contributed by atoms with E-state index in [2.05, 4.69) is 26.8 Å². The third-order valence-electron chi connectivity index (χ3n) is 3.57. The summed E-state index contributed by atoms with van der Waals surface area (Å²) in [6, 6.07) is 8.01. The normalized spacial score (nSPS) is 11.0. The van der Waals surface area contributed by atoms with Gasteiger partial charge in [0.2, 0.25) is 0 Å². The number of benzene rings is 1. The number of fused-ring (bicyclic) bond motifs is 1. The van der Waals surface area contributed by atoms with Crippen molar-refractivity contribution in [3.05, 3.63) is 45.7 Å². The molecule has 22 heavy (non-hydrogen) atoms. The van der Waals surface area contributed by atoms with E-state index < -0.39 is 0 Å². The molecule has 5 nitrogen and oxygen atoms in total. The minimum Gasteiger partial charge on any atom is -0.344 e.